The van der Waals surface area contributed by atoms with Crippen LogP contribution in [0.2, 0.25) is 0 Å². The zero-order valence-electron chi connectivity index (χ0n) is 15.5. The zero-order valence-corrected chi connectivity index (χ0v) is 16.5. The van der Waals surface area contributed by atoms with Crippen LogP contribution in [0.25, 0.3) is 0 Å². The van der Waals surface area contributed by atoms with Gasteiger partial charge in [0.05, 0.1) is 0 Å². The van der Waals surface area contributed by atoms with Crippen LogP contribution in [0.4, 0.5) is 43.9 Å². The van der Waals surface area contributed by atoms with E-state index in [-0.39, 0.29) is 0 Å². The molecule has 30 heavy (non-hydrogen) atoms. The molecule has 0 unspecified atom stereocenters. The van der Waals surface area contributed by atoms with Crippen molar-refractivity contribution < 1.29 is 63.1 Å². The van der Waals surface area contributed by atoms with Crippen LogP contribution in [0.15, 0.2) is 0 Å². The third-order valence-corrected chi connectivity index (χ3v) is 4.43. The van der Waals surface area contributed by atoms with Crippen LogP contribution < -0.4 is 9.07 Å². The Balaban J connectivity index is 0.000000553. The van der Waals surface area contributed by atoms with E-state index in [0.29, 0.717) is 5.92 Å². The predicted octanol–water partition coefficient (Wildman–Crippen LogP) is 4.79. The summed E-state index contributed by atoms with van der Waals surface area (Å²) in [5.74, 6) is -24.0. The Morgan fingerprint density at radius 2 is 0.833 bits per heavy atom. The molecule has 0 radical (unpaired) electrons. The first-order valence-corrected chi connectivity index (χ1v) is 9.04. The van der Waals surface area contributed by atoms with Crippen LogP contribution in [0, 0.1) is 64.1 Å². The number of hydrogen-bond donors (Lipinski definition) is 0. The molecule has 0 bridgehead atoms. The zero-order chi connectivity index (χ0) is 23.3. The molecule has 0 N–H and O–H groups in total. The van der Waals surface area contributed by atoms with Gasteiger partial charge in [0, 0.05) is 13.2 Å². The van der Waals surface area contributed by atoms with Crippen molar-refractivity contribution in [2.24, 2.45) is 5.92 Å². The van der Waals surface area contributed by atoms with Gasteiger partial charge < -0.3 is 4.74 Å². The second kappa shape index (κ2) is 11.0. The average molecular weight is 495 g/mol. The summed E-state index contributed by atoms with van der Waals surface area (Å²) in [6, 6.07) is 0. The molecule has 0 fully saturated rings. The van der Waals surface area contributed by atoms with Gasteiger partial charge in [0.15, 0.2) is 0 Å². The van der Waals surface area contributed by atoms with Gasteiger partial charge in [-0.1, -0.05) is 13.8 Å². The summed E-state index contributed by atoms with van der Waals surface area (Å²) in [6.45, 7) is 8.06. The van der Waals surface area contributed by atoms with E-state index in [1.807, 2.05) is 6.92 Å². The molecular weight excluding hydrogens is 481 g/mol. The van der Waals surface area contributed by atoms with Gasteiger partial charge in [-0.25, -0.2) is 0 Å². The Labute approximate surface area is 170 Å². The molecule has 2 aromatic carbocycles. The van der Waals surface area contributed by atoms with Crippen LogP contribution in [-0.4, -0.2) is 13.2 Å². The van der Waals surface area contributed by atoms with E-state index in [1.165, 1.54) is 0 Å². The molecule has 0 saturated carbocycles. The van der Waals surface area contributed by atoms with Crippen molar-refractivity contribution in [1.29, 1.82) is 0 Å². The third-order valence-electron chi connectivity index (χ3n) is 3.07. The van der Waals surface area contributed by atoms with Gasteiger partial charge in [0.1, 0.15) is 0 Å². The van der Waals surface area contributed by atoms with Gasteiger partial charge >= 0.3 is 126 Å². The number of halogens is 10. The maximum atomic E-state index is 13.4. The van der Waals surface area contributed by atoms with Crippen molar-refractivity contribution in [3.8, 4) is 0 Å². The molecule has 0 aromatic heterocycles. The Morgan fingerprint density at radius 1 is 0.567 bits per heavy atom. The summed E-state index contributed by atoms with van der Waals surface area (Å²) in [4.78, 5) is 0. The monoisotopic (exact) mass is 494 g/mol. The third kappa shape index (κ3) is 5.66. The average Bonchev–Trinajstić information content (AvgIpc) is 2.72. The van der Waals surface area contributed by atoms with Crippen molar-refractivity contribution >= 4 is 9.07 Å². The van der Waals surface area contributed by atoms with E-state index < -0.39 is 81.7 Å². The normalized spacial score (nSPS) is 11.1. The van der Waals surface area contributed by atoms with Gasteiger partial charge in [-0.3, -0.25) is 0 Å². The molecule has 0 atom stereocenters. The van der Waals surface area contributed by atoms with Crippen molar-refractivity contribution in [2.45, 2.75) is 20.8 Å². The van der Waals surface area contributed by atoms with Crippen LogP contribution in [0.3, 0.4) is 0 Å². The molecule has 0 saturated heterocycles. The van der Waals surface area contributed by atoms with Gasteiger partial charge in [-0.15, -0.1) is 0 Å². The van der Waals surface area contributed by atoms with Gasteiger partial charge in [0.25, 0.3) is 0 Å². The van der Waals surface area contributed by atoms with Crippen LogP contribution in [-0.2, 0) is 19.2 Å². The van der Waals surface area contributed by atoms with Crippen LogP contribution >= 0.6 is 0 Å². The number of benzene rings is 2. The fraction of sp³-hybridized carbons (Fsp3) is 0.333. The summed E-state index contributed by atoms with van der Waals surface area (Å²) in [7, 11) is 0. The summed E-state index contributed by atoms with van der Waals surface area (Å²) in [5.41, 5.74) is 0. The minimum atomic E-state index is -2.54. The second-order valence-electron chi connectivity index (χ2n) is 5.84. The second-order valence-corrected chi connectivity index (χ2v) is 7.07. The molecular formula is C18H14F10NiO. The van der Waals surface area contributed by atoms with E-state index in [2.05, 4.69) is 13.8 Å². The van der Waals surface area contributed by atoms with Crippen LogP contribution in [0.5, 0.6) is 0 Å². The molecule has 0 heterocycles. The Hall–Kier alpha value is -1.81. The first-order chi connectivity index (χ1) is 13.9. The Bertz CT molecular complexity index is 791. The summed E-state index contributed by atoms with van der Waals surface area (Å²) < 4.78 is 133. The van der Waals surface area contributed by atoms with Crippen molar-refractivity contribution in [2.75, 3.05) is 13.2 Å². The van der Waals surface area contributed by atoms with E-state index in [0.717, 1.165) is 13.2 Å². The molecule has 2 aromatic rings. The minimum absolute atomic E-state index is 0.681. The maximum absolute atomic E-state index is 13.4. The molecule has 0 aliphatic heterocycles. The SMILES string of the molecule is CCOCC(C)C.Fc1c(F)c(F)[c]([Ni][c]2c(F)c(F)c(F)c(F)c2F)c(F)c1F. The van der Waals surface area contributed by atoms with Crippen molar-refractivity contribution in [3.63, 3.8) is 0 Å². The topological polar surface area (TPSA) is 9.23 Å². The first-order valence-electron chi connectivity index (χ1n) is 8.05. The number of hydrogen-bond acceptors (Lipinski definition) is 1. The number of ether oxygens (including phenoxy) is 1. The molecule has 0 aliphatic carbocycles. The Morgan fingerprint density at radius 3 is 1.03 bits per heavy atom. The fourth-order valence-corrected chi connectivity index (χ4v) is 2.81. The summed E-state index contributed by atoms with van der Waals surface area (Å²) in [6.07, 6.45) is 0. The predicted molar refractivity (Wildman–Crippen MR) is 83.1 cm³/mol. The van der Waals surface area contributed by atoms with E-state index >= 15 is 0 Å². The van der Waals surface area contributed by atoms with Gasteiger partial charge in [-0.05, 0) is 12.8 Å². The van der Waals surface area contributed by atoms with E-state index in [9.17, 15) is 43.9 Å². The fourth-order valence-electron chi connectivity index (χ4n) is 1.70. The number of rotatable bonds is 5. The van der Waals surface area contributed by atoms with Crippen molar-refractivity contribution in [1.82, 2.24) is 0 Å². The van der Waals surface area contributed by atoms with E-state index in [4.69, 9.17) is 4.74 Å². The van der Waals surface area contributed by atoms with Crippen molar-refractivity contribution in [3.05, 3.63) is 58.2 Å². The van der Waals surface area contributed by atoms with Gasteiger partial charge in [-0.2, -0.15) is 0 Å². The Kier molecular flexibility index (Phi) is 9.61. The molecule has 12 heteroatoms. The molecule has 2 rings (SSSR count). The molecule has 0 aliphatic rings. The van der Waals surface area contributed by atoms with Crippen LogP contribution in [0.1, 0.15) is 20.8 Å². The first kappa shape index (κ1) is 26.2. The molecule has 172 valence electrons. The molecule has 0 spiro atoms. The molecule has 0 amide bonds. The van der Waals surface area contributed by atoms with Gasteiger partial charge in [0.2, 0.25) is 0 Å². The molecule has 1 nitrogen and oxygen atoms in total. The quantitative estimate of drug-likeness (QED) is 0.251. The summed E-state index contributed by atoms with van der Waals surface area (Å²) >= 11 is -1.05. The summed E-state index contributed by atoms with van der Waals surface area (Å²) in [5, 5.41) is 0. The van der Waals surface area contributed by atoms with E-state index in [1.54, 1.807) is 0 Å². The standard InChI is InChI=1S/2C6F5.C6H14O.Ni/c2*7-2-1-3(8)5(10)6(11)4(2)9;1-4-7-5-6(2)3;/h;;6H,4-5H2,1-3H3;.